The molecule has 0 saturated carbocycles. The molecule has 1 fully saturated rings. The number of carbonyl (C=O) groups is 1. The summed E-state index contributed by atoms with van der Waals surface area (Å²) in [6.07, 6.45) is 1.98. The first kappa shape index (κ1) is 20.2. The highest BCUT2D eigenvalue weighted by atomic mass is 32.2. The van der Waals surface area contributed by atoms with Gasteiger partial charge in [0.05, 0.1) is 15.5 Å². The molecule has 6 nitrogen and oxygen atoms in total. The van der Waals surface area contributed by atoms with Crippen LogP contribution in [0.15, 0.2) is 58.1 Å². The lowest BCUT2D eigenvalue weighted by Gasteiger charge is -2.32. The molecular weight excluding hydrogens is 428 g/mol. The molecule has 3 heterocycles. The molecule has 1 saturated heterocycles. The molecule has 4 rings (SSSR count). The summed E-state index contributed by atoms with van der Waals surface area (Å²) in [6, 6.07) is 11.4. The highest BCUT2D eigenvalue weighted by molar-refractivity contribution is 7.89. The molecule has 0 bridgehead atoms. The Balaban J connectivity index is 1.45. The lowest BCUT2D eigenvalue weighted by Crippen LogP contribution is -2.48. The van der Waals surface area contributed by atoms with Crippen molar-refractivity contribution in [3.05, 3.63) is 58.9 Å². The zero-order chi connectivity index (χ0) is 20.3. The van der Waals surface area contributed by atoms with Crippen LogP contribution < -0.4 is 0 Å². The minimum Gasteiger partial charge on any atom is -0.458 e. The number of hydrogen-bond donors (Lipinski definition) is 0. The van der Waals surface area contributed by atoms with Crippen LogP contribution in [0.5, 0.6) is 0 Å². The summed E-state index contributed by atoms with van der Waals surface area (Å²) in [7, 11) is -3.74. The first-order valence-corrected chi connectivity index (χ1v) is 12.5. The van der Waals surface area contributed by atoms with Gasteiger partial charge in [-0.15, -0.1) is 22.7 Å². The molecule has 0 N–H and O–H groups in total. The minimum absolute atomic E-state index is 0.0381. The Hall–Kier alpha value is -2.07. The number of piperidine rings is 1. The average Bonchev–Trinajstić information content (AvgIpc) is 3.44. The number of sulfonamides is 1. The van der Waals surface area contributed by atoms with Crippen LogP contribution in [0.4, 0.5) is 0 Å². The molecule has 1 atom stereocenters. The number of ether oxygens (including phenoxy) is 1. The predicted molar refractivity (Wildman–Crippen MR) is 113 cm³/mol. The van der Waals surface area contributed by atoms with Crippen LogP contribution in [0.25, 0.3) is 9.88 Å². The minimum atomic E-state index is -3.74. The summed E-state index contributed by atoms with van der Waals surface area (Å²) in [5.41, 5.74) is 0.667. The maximum absolute atomic E-state index is 13.0. The number of hydrogen-bond acceptors (Lipinski definition) is 7. The van der Waals surface area contributed by atoms with Gasteiger partial charge in [-0.25, -0.2) is 13.4 Å². The second kappa shape index (κ2) is 8.74. The smallest absolute Gasteiger partial charge is 0.324 e. The molecule has 1 aliphatic heterocycles. The maximum atomic E-state index is 13.0. The number of esters is 1. The first-order chi connectivity index (χ1) is 14.1. The van der Waals surface area contributed by atoms with Crippen molar-refractivity contribution in [1.29, 1.82) is 0 Å². The van der Waals surface area contributed by atoms with E-state index in [1.807, 2.05) is 22.9 Å². The van der Waals surface area contributed by atoms with Gasteiger partial charge in [0.1, 0.15) is 17.7 Å². The standard InChI is InChI=1S/C20H20N2O4S3/c23-20(26-13-15-14-28-19(21-15)18-10-6-12-27-18)17-9-4-5-11-22(17)29(24,25)16-7-2-1-3-8-16/h1-3,6-8,10,12,14,17H,4-5,9,11,13H2. The first-order valence-electron chi connectivity index (χ1n) is 9.27. The van der Waals surface area contributed by atoms with E-state index in [2.05, 4.69) is 4.98 Å². The Bertz CT molecular complexity index is 1060. The van der Waals surface area contributed by atoms with Gasteiger partial charge in [-0.05, 0) is 42.8 Å². The summed E-state index contributed by atoms with van der Waals surface area (Å²) in [5, 5.41) is 4.74. The third-order valence-corrected chi connectivity index (χ3v) is 8.57. The van der Waals surface area contributed by atoms with E-state index in [0.29, 0.717) is 18.7 Å². The van der Waals surface area contributed by atoms with Crippen LogP contribution in [0, 0.1) is 0 Å². The molecule has 0 spiro atoms. The van der Waals surface area contributed by atoms with Gasteiger partial charge in [-0.2, -0.15) is 4.31 Å². The van der Waals surface area contributed by atoms with Crippen molar-refractivity contribution >= 4 is 38.7 Å². The van der Waals surface area contributed by atoms with E-state index in [0.717, 1.165) is 22.7 Å². The van der Waals surface area contributed by atoms with E-state index in [-0.39, 0.29) is 11.5 Å². The Kier molecular flexibility index (Phi) is 6.09. The van der Waals surface area contributed by atoms with Crippen LogP contribution in [0.3, 0.4) is 0 Å². The highest BCUT2D eigenvalue weighted by Gasteiger charge is 2.38. The lowest BCUT2D eigenvalue weighted by molar-refractivity contribution is -0.150. The van der Waals surface area contributed by atoms with E-state index in [4.69, 9.17) is 4.74 Å². The van der Waals surface area contributed by atoms with Crippen molar-refractivity contribution in [1.82, 2.24) is 9.29 Å². The summed E-state index contributed by atoms with van der Waals surface area (Å²) in [5.74, 6) is -0.519. The van der Waals surface area contributed by atoms with E-state index in [1.165, 1.54) is 15.6 Å². The van der Waals surface area contributed by atoms with Gasteiger partial charge in [0, 0.05) is 11.9 Å². The van der Waals surface area contributed by atoms with Crippen molar-refractivity contribution in [3.63, 3.8) is 0 Å². The molecule has 9 heteroatoms. The third-order valence-electron chi connectivity index (χ3n) is 4.72. The van der Waals surface area contributed by atoms with Gasteiger partial charge in [0.15, 0.2) is 0 Å². The monoisotopic (exact) mass is 448 g/mol. The average molecular weight is 449 g/mol. The summed E-state index contributed by atoms with van der Waals surface area (Å²) >= 11 is 3.10. The van der Waals surface area contributed by atoms with Gasteiger partial charge in [0.2, 0.25) is 10.0 Å². The van der Waals surface area contributed by atoms with Gasteiger partial charge >= 0.3 is 5.97 Å². The van der Waals surface area contributed by atoms with E-state index in [1.54, 1.807) is 41.7 Å². The molecule has 29 heavy (non-hydrogen) atoms. The van der Waals surface area contributed by atoms with E-state index in [9.17, 15) is 13.2 Å². The van der Waals surface area contributed by atoms with Crippen molar-refractivity contribution < 1.29 is 17.9 Å². The number of nitrogens with zero attached hydrogens (tertiary/aromatic N) is 2. The van der Waals surface area contributed by atoms with Gasteiger partial charge in [-0.1, -0.05) is 24.3 Å². The topological polar surface area (TPSA) is 76.6 Å². The molecule has 1 aliphatic rings. The Morgan fingerprint density at radius 3 is 2.72 bits per heavy atom. The number of rotatable bonds is 6. The molecule has 1 unspecified atom stereocenters. The van der Waals surface area contributed by atoms with Crippen molar-refractivity contribution in [2.24, 2.45) is 0 Å². The number of aromatic nitrogens is 1. The Morgan fingerprint density at radius 1 is 1.14 bits per heavy atom. The molecule has 0 radical (unpaired) electrons. The van der Waals surface area contributed by atoms with E-state index < -0.39 is 22.0 Å². The Morgan fingerprint density at radius 2 is 1.97 bits per heavy atom. The fourth-order valence-electron chi connectivity index (χ4n) is 3.28. The normalized spacial score (nSPS) is 17.9. The maximum Gasteiger partial charge on any atom is 0.324 e. The van der Waals surface area contributed by atoms with Crippen LogP contribution in [0.1, 0.15) is 25.0 Å². The van der Waals surface area contributed by atoms with Crippen LogP contribution in [-0.4, -0.2) is 36.3 Å². The SMILES string of the molecule is O=C(OCc1csc(-c2cccs2)n1)C1CCCCN1S(=O)(=O)c1ccccc1. The molecule has 0 amide bonds. The summed E-state index contributed by atoms with van der Waals surface area (Å²) in [4.78, 5) is 18.5. The third kappa shape index (κ3) is 4.42. The van der Waals surface area contributed by atoms with E-state index >= 15 is 0 Å². The molecule has 152 valence electrons. The van der Waals surface area contributed by atoms with Crippen molar-refractivity contribution in [3.8, 4) is 9.88 Å². The quantitative estimate of drug-likeness (QED) is 0.529. The second-order valence-electron chi connectivity index (χ2n) is 6.67. The molecule has 3 aromatic rings. The zero-order valence-corrected chi connectivity index (χ0v) is 18.0. The van der Waals surface area contributed by atoms with Crippen LogP contribution in [-0.2, 0) is 26.2 Å². The number of thiophene rings is 1. The van der Waals surface area contributed by atoms with Crippen molar-refractivity contribution in [2.45, 2.75) is 36.8 Å². The highest BCUT2D eigenvalue weighted by Crippen LogP contribution is 2.29. The number of thiazole rings is 1. The molecule has 0 aliphatic carbocycles. The number of benzene rings is 1. The lowest BCUT2D eigenvalue weighted by atomic mass is 10.1. The van der Waals surface area contributed by atoms with Crippen molar-refractivity contribution in [2.75, 3.05) is 6.54 Å². The second-order valence-corrected chi connectivity index (χ2v) is 10.4. The number of carbonyl (C=O) groups excluding carboxylic acids is 1. The van der Waals surface area contributed by atoms with Crippen LogP contribution >= 0.6 is 22.7 Å². The van der Waals surface area contributed by atoms with Gasteiger partial charge in [0.25, 0.3) is 0 Å². The Labute approximate surface area is 177 Å². The van der Waals surface area contributed by atoms with Gasteiger partial charge < -0.3 is 4.74 Å². The molecule has 2 aromatic heterocycles. The fraction of sp³-hybridized carbons (Fsp3) is 0.300. The summed E-state index contributed by atoms with van der Waals surface area (Å²) in [6.45, 7) is 0.354. The van der Waals surface area contributed by atoms with Gasteiger partial charge in [-0.3, -0.25) is 4.79 Å². The fourth-order valence-corrected chi connectivity index (χ4v) is 6.57. The largest absolute Gasteiger partial charge is 0.458 e. The predicted octanol–water partition coefficient (Wildman–Crippen LogP) is 4.16. The zero-order valence-electron chi connectivity index (χ0n) is 15.6. The molecular formula is C20H20N2O4S3. The molecule has 1 aromatic carbocycles. The van der Waals surface area contributed by atoms with Crippen LogP contribution in [0.2, 0.25) is 0 Å². The summed E-state index contributed by atoms with van der Waals surface area (Å²) < 4.78 is 32.8.